The molecule has 0 aromatic rings. The average molecular weight is 290 g/mol. The molecule has 1 rings (SSSR count). The van der Waals surface area contributed by atoms with Crippen molar-refractivity contribution in [3.8, 4) is 0 Å². The smallest absolute Gasteiger partial charge is 0.225 e. The molecule has 1 amide bonds. The van der Waals surface area contributed by atoms with E-state index in [1.165, 1.54) is 0 Å². The topological polar surface area (TPSA) is 20.3 Å². The fourth-order valence-electron chi connectivity index (χ4n) is 2.15. The summed E-state index contributed by atoms with van der Waals surface area (Å²) in [5.41, 5.74) is 0. The first-order chi connectivity index (χ1) is 7.43. The summed E-state index contributed by atoms with van der Waals surface area (Å²) in [5.74, 6) is 1.69. The van der Waals surface area contributed by atoms with E-state index in [-0.39, 0.29) is 5.92 Å². The first-order valence-electron chi connectivity index (χ1n) is 6.36. The van der Waals surface area contributed by atoms with Gasteiger partial charge >= 0.3 is 0 Å². The highest BCUT2D eigenvalue weighted by molar-refractivity contribution is 9.09. The van der Waals surface area contributed by atoms with Crippen molar-refractivity contribution in [3.63, 3.8) is 0 Å². The molecule has 3 heteroatoms. The fraction of sp³-hybridized carbons (Fsp3) is 0.923. The number of alkyl halides is 1. The van der Waals surface area contributed by atoms with Gasteiger partial charge in [0.05, 0.1) is 0 Å². The second-order valence-electron chi connectivity index (χ2n) is 5.37. The predicted molar refractivity (Wildman–Crippen MR) is 71.7 cm³/mol. The lowest BCUT2D eigenvalue weighted by Crippen LogP contribution is -2.43. The van der Waals surface area contributed by atoms with Gasteiger partial charge in [-0.1, -0.05) is 43.6 Å². The van der Waals surface area contributed by atoms with Gasteiger partial charge in [-0.2, -0.15) is 0 Å². The van der Waals surface area contributed by atoms with E-state index < -0.39 is 0 Å². The van der Waals surface area contributed by atoms with Gasteiger partial charge in [0.1, 0.15) is 0 Å². The van der Waals surface area contributed by atoms with Crippen LogP contribution in [0.5, 0.6) is 0 Å². The molecule has 0 radical (unpaired) electrons. The molecule has 0 aliphatic carbocycles. The lowest BCUT2D eigenvalue weighted by Gasteiger charge is -2.35. The van der Waals surface area contributed by atoms with E-state index in [2.05, 4.69) is 41.6 Å². The number of nitrogens with zero attached hydrogens (tertiary/aromatic N) is 1. The molecule has 1 fully saturated rings. The van der Waals surface area contributed by atoms with Crippen molar-refractivity contribution in [2.75, 3.05) is 13.1 Å². The van der Waals surface area contributed by atoms with E-state index in [9.17, 15) is 4.79 Å². The highest BCUT2D eigenvalue weighted by atomic mass is 79.9. The molecule has 1 aliphatic heterocycles. The Bertz CT molecular complexity index is 232. The molecule has 2 nitrogen and oxygen atoms in total. The number of piperidine rings is 1. The van der Waals surface area contributed by atoms with Crippen LogP contribution in [0.25, 0.3) is 0 Å². The third-order valence-electron chi connectivity index (χ3n) is 3.89. The molecule has 16 heavy (non-hydrogen) atoms. The lowest BCUT2D eigenvalue weighted by atomic mass is 9.91. The molecular formula is C13H24BrNO. The van der Waals surface area contributed by atoms with Crippen molar-refractivity contribution < 1.29 is 4.79 Å². The average Bonchev–Trinajstić information content (AvgIpc) is 2.27. The molecule has 0 saturated carbocycles. The SMILES string of the molecule is CC(C)C(C)C(=O)N1CCC(C(C)Br)CC1. The molecule has 0 aromatic carbocycles. The van der Waals surface area contributed by atoms with Crippen LogP contribution in [-0.2, 0) is 4.79 Å². The number of carbonyl (C=O) groups is 1. The molecule has 1 heterocycles. The van der Waals surface area contributed by atoms with E-state index in [1.807, 2.05) is 6.92 Å². The van der Waals surface area contributed by atoms with Crippen molar-refractivity contribution in [1.29, 1.82) is 0 Å². The van der Waals surface area contributed by atoms with Crippen LogP contribution >= 0.6 is 15.9 Å². The van der Waals surface area contributed by atoms with Crippen molar-refractivity contribution >= 4 is 21.8 Å². The van der Waals surface area contributed by atoms with Gasteiger partial charge in [0, 0.05) is 23.8 Å². The summed E-state index contributed by atoms with van der Waals surface area (Å²) < 4.78 is 0. The second kappa shape index (κ2) is 6.04. The number of hydrogen-bond donors (Lipinski definition) is 0. The molecule has 0 bridgehead atoms. The molecule has 0 N–H and O–H groups in total. The van der Waals surface area contributed by atoms with Gasteiger partial charge in [-0.05, 0) is 24.7 Å². The summed E-state index contributed by atoms with van der Waals surface area (Å²) in [6.07, 6.45) is 2.28. The molecule has 0 aromatic heterocycles. The number of hydrogen-bond acceptors (Lipinski definition) is 1. The minimum atomic E-state index is 0.165. The van der Waals surface area contributed by atoms with Gasteiger partial charge in [-0.3, -0.25) is 4.79 Å². The summed E-state index contributed by atoms with van der Waals surface area (Å²) in [7, 11) is 0. The van der Waals surface area contributed by atoms with E-state index in [1.54, 1.807) is 0 Å². The Labute approximate surface area is 108 Å². The minimum absolute atomic E-state index is 0.165. The number of halogens is 1. The molecule has 1 saturated heterocycles. The van der Waals surface area contributed by atoms with Crippen LogP contribution in [0.3, 0.4) is 0 Å². The van der Waals surface area contributed by atoms with Crippen molar-refractivity contribution in [1.82, 2.24) is 4.90 Å². The molecule has 1 aliphatic rings. The lowest BCUT2D eigenvalue weighted by molar-refractivity contribution is -0.137. The normalized spacial score (nSPS) is 22.2. The summed E-state index contributed by atoms with van der Waals surface area (Å²) in [5, 5.41) is 0. The van der Waals surface area contributed by atoms with Crippen LogP contribution in [0.2, 0.25) is 0 Å². The van der Waals surface area contributed by atoms with Gasteiger partial charge in [-0.25, -0.2) is 0 Å². The second-order valence-corrected chi connectivity index (χ2v) is 6.82. The Kier molecular flexibility index (Phi) is 5.29. The van der Waals surface area contributed by atoms with Crippen LogP contribution < -0.4 is 0 Å². The summed E-state index contributed by atoms with van der Waals surface area (Å²) in [6, 6.07) is 0. The summed E-state index contributed by atoms with van der Waals surface area (Å²) in [6.45, 7) is 10.4. The summed E-state index contributed by atoms with van der Waals surface area (Å²) in [4.78, 5) is 14.8. The molecule has 94 valence electrons. The quantitative estimate of drug-likeness (QED) is 0.730. The van der Waals surface area contributed by atoms with Crippen LogP contribution in [0.1, 0.15) is 40.5 Å². The zero-order valence-corrected chi connectivity index (χ0v) is 12.5. The maximum atomic E-state index is 12.1. The summed E-state index contributed by atoms with van der Waals surface area (Å²) >= 11 is 3.64. The van der Waals surface area contributed by atoms with E-state index in [4.69, 9.17) is 0 Å². The third kappa shape index (κ3) is 3.47. The maximum Gasteiger partial charge on any atom is 0.225 e. The van der Waals surface area contributed by atoms with E-state index >= 15 is 0 Å². The Morgan fingerprint density at radius 2 is 1.69 bits per heavy atom. The van der Waals surface area contributed by atoms with Gasteiger partial charge in [0.2, 0.25) is 5.91 Å². The standard InChI is InChI=1S/C13H24BrNO/c1-9(2)10(3)13(16)15-7-5-12(6-8-15)11(4)14/h9-12H,5-8H2,1-4H3. The zero-order chi connectivity index (χ0) is 12.3. The van der Waals surface area contributed by atoms with Crippen molar-refractivity contribution in [2.24, 2.45) is 17.8 Å². The van der Waals surface area contributed by atoms with E-state index in [0.717, 1.165) is 31.8 Å². The minimum Gasteiger partial charge on any atom is -0.342 e. The van der Waals surface area contributed by atoms with Gasteiger partial charge < -0.3 is 4.90 Å². The predicted octanol–water partition coefficient (Wildman–Crippen LogP) is 3.30. The highest BCUT2D eigenvalue weighted by Crippen LogP contribution is 2.26. The van der Waals surface area contributed by atoms with E-state index in [0.29, 0.717) is 16.7 Å². The van der Waals surface area contributed by atoms with Crippen LogP contribution in [0.15, 0.2) is 0 Å². The molecule has 0 spiro atoms. The Balaban J connectivity index is 2.45. The number of carbonyl (C=O) groups excluding carboxylic acids is 1. The number of likely N-dealkylation sites (tertiary alicyclic amines) is 1. The van der Waals surface area contributed by atoms with Crippen LogP contribution in [-0.4, -0.2) is 28.7 Å². The first-order valence-corrected chi connectivity index (χ1v) is 7.28. The highest BCUT2D eigenvalue weighted by Gasteiger charge is 2.28. The van der Waals surface area contributed by atoms with Crippen LogP contribution in [0.4, 0.5) is 0 Å². The Hall–Kier alpha value is -0.0500. The number of rotatable bonds is 3. The Morgan fingerprint density at radius 1 is 1.19 bits per heavy atom. The van der Waals surface area contributed by atoms with Crippen LogP contribution in [0, 0.1) is 17.8 Å². The molecule has 2 atom stereocenters. The number of amides is 1. The largest absolute Gasteiger partial charge is 0.342 e. The monoisotopic (exact) mass is 289 g/mol. The van der Waals surface area contributed by atoms with Crippen molar-refractivity contribution in [3.05, 3.63) is 0 Å². The zero-order valence-electron chi connectivity index (χ0n) is 10.9. The van der Waals surface area contributed by atoms with Gasteiger partial charge in [0.25, 0.3) is 0 Å². The fourth-order valence-corrected chi connectivity index (χ4v) is 2.68. The Morgan fingerprint density at radius 3 is 2.06 bits per heavy atom. The first kappa shape index (κ1) is 14.0. The third-order valence-corrected chi connectivity index (χ3v) is 4.64. The molecule has 2 unspecified atom stereocenters. The van der Waals surface area contributed by atoms with Crippen molar-refractivity contribution in [2.45, 2.75) is 45.4 Å². The van der Waals surface area contributed by atoms with Gasteiger partial charge in [0.15, 0.2) is 0 Å². The molecular weight excluding hydrogens is 266 g/mol. The van der Waals surface area contributed by atoms with Gasteiger partial charge in [-0.15, -0.1) is 0 Å². The maximum absolute atomic E-state index is 12.1.